The summed E-state index contributed by atoms with van der Waals surface area (Å²) in [7, 11) is 1.35. The van der Waals surface area contributed by atoms with Crippen LogP contribution >= 0.6 is 0 Å². The first-order valence-electron chi connectivity index (χ1n) is 19.6. The molecule has 0 aliphatic heterocycles. The summed E-state index contributed by atoms with van der Waals surface area (Å²) in [5.74, 6) is -12.4. The predicted octanol–water partition coefficient (Wildman–Crippen LogP) is -4.67. The number of aliphatic carboxylic acids is 2. The highest BCUT2D eigenvalue weighted by Gasteiger charge is 2.35. The number of aliphatic hydroxyl groups excluding tert-OH is 2. The highest BCUT2D eigenvalue weighted by atomic mass is 16.4. The van der Waals surface area contributed by atoms with Crippen molar-refractivity contribution in [2.45, 2.75) is 129 Å². The van der Waals surface area contributed by atoms with Crippen LogP contribution in [0.1, 0.15) is 81.1 Å². The standard InChI is InChI=1S/C37H63N9O15/c1-16(2)27(35(59)38-9)44-31(55)21(10-12-25(50)51)41-30(54)19(7)39-33(57)24(15-48)43-37(61)29(18(5)6)45-32(56)22(11-13-26(52)53)42-36(60)28(17(3)4)46-34(58)23(14-47)40-20(8)49/h16-19,21-24,27-29,47-48H,10-15H2,1-9H3,(H,38,59)(H,39,57)(H,40,49)(H,41,54)(H,42,60)(H,43,61)(H,44,55)(H,45,56)(H,46,58)(H,50,51)(H,52,53)/t19-,21-,22-,23-,24-,27-,28-,29-/m0/s1. The van der Waals surface area contributed by atoms with E-state index < -0.39 is 158 Å². The normalized spacial score (nSPS) is 15.0. The number of aliphatic hydroxyl groups is 2. The molecular weight excluding hydrogens is 810 g/mol. The Balaban J connectivity index is 6.05. The smallest absolute Gasteiger partial charge is 0.303 e. The predicted molar refractivity (Wildman–Crippen MR) is 213 cm³/mol. The van der Waals surface area contributed by atoms with Crippen molar-refractivity contribution < 1.29 is 73.2 Å². The van der Waals surface area contributed by atoms with Gasteiger partial charge in [0.1, 0.15) is 48.3 Å². The third-order valence-electron chi connectivity index (χ3n) is 8.99. The van der Waals surface area contributed by atoms with Crippen molar-refractivity contribution in [1.29, 1.82) is 0 Å². The number of likely N-dealkylation sites (N-methyl/N-ethyl adjacent to an activating group) is 1. The topological polar surface area (TPSA) is 377 Å². The minimum absolute atomic E-state index is 0.384. The van der Waals surface area contributed by atoms with E-state index in [1.807, 2.05) is 0 Å². The monoisotopic (exact) mass is 873 g/mol. The number of nitrogens with one attached hydrogen (secondary N) is 9. The van der Waals surface area contributed by atoms with Crippen LogP contribution in [0, 0.1) is 17.8 Å². The first-order chi connectivity index (χ1) is 28.3. The number of carboxylic acid groups (broad SMARTS) is 2. The average molecular weight is 874 g/mol. The Bertz CT molecular complexity index is 1590. The van der Waals surface area contributed by atoms with Gasteiger partial charge in [0.2, 0.25) is 53.2 Å². The number of carboxylic acids is 2. The van der Waals surface area contributed by atoms with Crippen LogP contribution in [0.25, 0.3) is 0 Å². The maximum absolute atomic E-state index is 13.6. The molecule has 61 heavy (non-hydrogen) atoms. The highest BCUT2D eigenvalue weighted by molar-refractivity contribution is 5.98. The lowest BCUT2D eigenvalue weighted by molar-refractivity contribution is -0.139. The lowest BCUT2D eigenvalue weighted by Crippen LogP contribution is -2.61. The Morgan fingerprint density at radius 1 is 0.410 bits per heavy atom. The van der Waals surface area contributed by atoms with Gasteiger partial charge in [-0.1, -0.05) is 41.5 Å². The fourth-order valence-electron chi connectivity index (χ4n) is 5.43. The van der Waals surface area contributed by atoms with Gasteiger partial charge in [0.15, 0.2) is 0 Å². The summed E-state index contributed by atoms with van der Waals surface area (Å²) in [6.45, 7) is 9.88. The van der Waals surface area contributed by atoms with E-state index >= 15 is 0 Å². The number of amides is 9. The third-order valence-corrected chi connectivity index (χ3v) is 8.99. The SMILES string of the molecule is CNC(=O)[C@@H](NC(=O)[C@H](CCC(=O)O)NC(=O)[C@H](C)NC(=O)[C@H](CO)NC(=O)[C@@H](NC(=O)[C@H](CCC(=O)O)NC(=O)[C@@H](NC(=O)[C@H](CO)NC(C)=O)C(C)C)C(C)C)C(C)C. The second kappa shape index (κ2) is 27.0. The molecule has 0 spiro atoms. The van der Waals surface area contributed by atoms with Crippen LogP contribution in [0.15, 0.2) is 0 Å². The van der Waals surface area contributed by atoms with E-state index in [0.717, 1.165) is 6.92 Å². The van der Waals surface area contributed by atoms with Crippen molar-refractivity contribution in [3.63, 3.8) is 0 Å². The van der Waals surface area contributed by atoms with E-state index in [2.05, 4.69) is 47.9 Å². The largest absolute Gasteiger partial charge is 0.481 e. The summed E-state index contributed by atoms with van der Waals surface area (Å²) in [4.78, 5) is 139. The van der Waals surface area contributed by atoms with E-state index in [-0.39, 0.29) is 12.3 Å². The zero-order valence-electron chi connectivity index (χ0n) is 35.9. The minimum atomic E-state index is -1.72. The van der Waals surface area contributed by atoms with Crippen LogP contribution in [0.2, 0.25) is 0 Å². The molecule has 24 nitrogen and oxygen atoms in total. The zero-order valence-corrected chi connectivity index (χ0v) is 35.9. The van der Waals surface area contributed by atoms with Gasteiger partial charge < -0.3 is 68.3 Å². The molecule has 8 atom stereocenters. The summed E-state index contributed by atoms with van der Waals surface area (Å²) in [6, 6.07) is -11.4. The van der Waals surface area contributed by atoms with Crippen LogP contribution in [0.5, 0.6) is 0 Å². The molecule has 0 aromatic heterocycles. The summed E-state index contributed by atoms with van der Waals surface area (Å²) in [6.07, 6.45) is -2.03. The molecule has 346 valence electrons. The number of hydrogen-bond acceptors (Lipinski definition) is 13. The van der Waals surface area contributed by atoms with Gasteiger partial charge in [-0.15, -0.1) is 0 Å². The quantitative estimate of drug-likeness (QED) is 0.0369. The van der Waals surface area contributed by atoms with E-state index in [1.54, 1.807) is 27.7 Å². The Hall–Kier alpha value is -5.91. The third kappa shape index (κ3) is 19.8. The highest BCUT2D eigenvalue weighted by Crippen LogP contribution is 2.10. The zero-order chi connectivity index (χ0) is 47.3. The molecule has 0 aromatic carbocycles. The maximum atomic E-state index is 13.6. The lowest BCUT2D eigenvalue weighted by Gasteiger charge is -2.29. The lowest BCUT2D eigenvalue weighted by atomic mass is 10.00. The van der Waals surface area contributed by atoms with Crippen molar-refractivity contribution in [2.24, 2.45) is 17.8 Å². The second-order valence-corrected chi connectivity index (χ2v) is 15.2. The number of hydrogen-bond donors (Lipinski definition) is 13. The van der Waals surface area contributed by atoms with Crippen LogP contribution in [-0.2, 0) is 52.7 Å². The molecule has 0 aromatic rings. The van der Waals surface area contributed by atoms with Crippen LogP contribution < -0.4 is 47.9 Å². The molecule has 0 bridgehead atoms. The molecule has 0 aliphatic carbocycles. The van der Waals surface area contributed by atoms with Gasteiger partial charge >= 0.3 is 11.9 Å². The molecule has 0 radical (unpaired) electrons. The summed E-state index contributed by atoms with van der Waals surface area (Å²) >= 11 is 0. The van der Waals surface area contributed by atoms with Crippen LogP contribution in [-0.4, -0.2) is 154 Å². The van der Waals surface area contributed by atoms with Gasteiger partial charge in [0.25, 0.3) is 0 Å². The molecular formula is C37H63N9O15. The van der Waals surface area contributed by atoms with Gasteiger partial charge in [0.05, 0.1) is 13.2 Å². The molecule has 0 saturated heterocycles. The fourth-order valence-corrected chi connectivity index (χ4v) is 5.43. The van der Waals surface area contributed by atoms with Crippen LogP contribution in [0.4, 0.5) is 0 Å². The Labute approximate surface area is 353 Å². The van der Waals surface area contributed by atoms with Crippen molar-refractivity contribution in [3.05, 3.63) is 0 Å². The van der Waals surface area contributed by atoms with Crippen molar-refractivity contribution in [1.82, 2.24) is 47.9 Å². The number of carbonyl (C=O) groups is 11. The molecule has 0 fully saturated rings. The van der Waals surface area contributed by atoms with Crippen molar-refractivity contribution >= 4 is 65.1 Å². The Morgan fingerprint density at radius 3 is 1.05 bits per heavy atom. The first kappa shape index (κ1) is 55.1. The van der Waals surface area contributed by atoms with E-state index in [9.17, 15) is 73.2 Å². The van der Waals surface area contributed by atoms with Gasteiger partial charge in [-0.2, -0.15) is 0 Å². The molecule has 13 N–H and O–H groups in total. The number of carbonyl (C=O) groups excluding carboxylic acids is 9. The summed E-state index contributed by atoms with van der Waals surface area (Å²) < 4.78 is 0. The van der Waals surface area contributed by atoms with Crippen LogP contribution in [0.3, 0.4) is 0 Å². The summed E-state index contributed by atoms with van der Waals surface area (Å²) in [5.41, 5.74) is 0. The van der Waals surface area contributed by atoms with Gasteiger partial charge in [-0.3, -0.25) is 52.7 Å². The van der Waals surface area contributed by atoms with E-state index in [1.165, 1.54) is 27.8 Å². The van der Waals surface area contributed by atoms with Gasteiger partial charge in [-0.05, 0) is 37.5 Å². The molecule has 9 amide bonds. The average Bonchev–Trinajstić information content (AvgIpc) is 3.17. The van der Waals surface area contributed by atoms with Gasteiger partial charge in [-0.25, -0.2) is 0 Å². The molecule has 0 unspecified atom stereocenters. The van der Waals surface area contributed by atoms with E-state index in [0.29, 0.717) is 0 Å². The fraction of sp³-hybridized carbons (Fsp3) is 0.703. The summed E-state index contributed by atoms with van der Waals surface area (Å²) in [5, 5.41) is 59.2. The van der Waals surface area contributed by atoms with E-state index in [4.69, 9.17) is 0 Å². The van der Waals surface area contributed by atoms with Gasteiger partial charge in [0, 0.05) is 26.8 Å². The maximum Gasteiger partial charge on any atom is 0.303 e. The van der Waals surface area contributed by atoms with Crippen molar-refractivity contribution in [3.8, 4) is 0 Å². The molecule has 0 aliphatic rings. The Kier molecular flexibility index (Phi) is 24.4. The molecule has 24 heteroatoms. The van der Waals surface area contributed by atoms with Crippen molar-refractivity contribution in [2.75, 3.05) is 20.3 Å². The number of rotatable bonds is 27. The second-order valence-electron chi connectivity index (χ2n) is 15.2. The Morgan fingerprint density at radius 2 is 0.721 bits per heavy atom. The molecule has 0 heterocycles. The first-order valence-corrected chi connectivity index (χ1v) is 19.6. The molecule has 0 saturated carbocycles. The minimum Gasteiger partial charge on any atom is -0.481 e. The molecule has 0 rings (SSSR count).